The predicted molar refractivity (Wildman–Crippen MR) is 78.7 cm³/mol. The second-order valence-corrected chi connectivity index (χ2v) is 4.90. The molecule has 0 amide bonds. The molecular formula is C16H9N3O. The Hall–Kier alpha value is -2.88. The van der Waals surface area contributed by atoms with Crippen LogP contribution in [0, 0.1) is 0 Å². The van der Waals surface area contributed by atoms with E-state index in [2.05, 4.69) is 27.1 Å². The van der Waals surface area contributed by atoms with Gasteiger partial charge >= 0.3 is 0 Å². The Bertz CT molecular complexity index is 1100. The van der Waals surface area contributed by atoms with E-state index in [9.17, 15) is 0 Å². The van der Waals surface area contributed by atoms with Crippen molar-refractivity contribution in [3.05, 3.63) is 49.1 Å². The van der Waals surface area contributed by atoms with Crippen molar-refractivity contribution in [2.75, 3.05) is 0 Å². The van der Waals surface area contributed by atoms with Crippen molar-refractivity contribution in [2.24, 2.45) is 0 Å². The van der Waals surface area contributed by atoms with Crippen LogP contribution in [0.3, 0.4) is 0 Å². The molecule has 0 saturated heterocycles. The number of oxazole rings is 1. The summed E-state index contributed by atoms with van der Waals surface area (Å²) in [5.41, 5.74) is 3.86. The maximum Gasteiger partial charge on any atom is 0.182 e. The van der Waals surface area contributed by atoms with Gasteiger partial charge < -0.3 is 9.40 Å². The summed E-state index contributed by atoms with van der Waals surface area (Å²) in [4.78, 5) is 12.1. The minimum absolute atomic E-state index is 0.805. The van der Waals surface area contributed by atoms with Crippen LogP contribution >= 0.6 is 0 Å². The lowest BCUT2D eigenvalue weighted by atomic mass is 10.1. The van der Waals surface area contributed by atoms with Crippen molar-refractivity contribution in [1.82, 2.24) is 15.0 Å². The van der Waals surface area contributed by atoms with Crippen LogP contribution in [0.2, 0.25) is 0 Å². The fourth-order valence-electron chi connectivity index (χ4n) is 2.97. The Balaban J connectivity index is 2.20. The van der Waals surface area contributed by atoms with Crippen LogP contribution in [0.1, 0.15) is 0 Å². The summed E-state index contributed by atoms with van der Waals surface area (Å²) in [5, 5.41) is 4.57. The highest BCUT2D eigenvalue weighted by molar-refractivity contribution is 6.26. The third-order valence-corrected chi connectivity index (χ3v) is 3.84. The number of fused-ring (bicyclic) bond motifs is 7. The molecular weight excluding hydrogens is 250 g/mol. The number of hydrogen-bond donors (Lipinski definition) is 1. The first-order valence-electron chi connectivity index (χ1n) is 6.42. The summed E-state index contributed by atoms with van der Waals surface area (Å²) in [6.45, 7) is 0. The molecule has 0 atom stereocenters. The fraction of sp³-hybridized carbons (Fsp3) is 0. The lowest BCUT2D eigenvalue weighted by molar-refractivity contribution is 0.602. The number of nitrogens with one attached hydrogen (secondary N) is 1. The van der Waals surface area contributed by atoms with Gasteiger partial charge in [0.05, 0.1) is 0 Å². The molecule has 0 aliphatic rings. The molecule has 0 aliphatic heterocycles. The van der Waals surface area contributed by atoms with Crippen molar-refractivity contribution in [3.63, 3.8) is 0 Å². The van der Waals surface area contributed by atoms with Crippen LogP contribution in [0.4, 0.5) is 0 Å². The van der Waals surface area contributed by atoms with Gasteiger partial charge in [0.25, 0.3) is 0 Å². The Morgan fingerprint density at radius 3 is 2.85 bits per heavy atom. The molecule has 94 valence electrons. The third-order valence-electron chi connectivity index (χ3n) is 3.84. The van der Waals surface area contributed by atoms with Gasteiger partial charge in [-0.05, 0) is 29.7 Å². The van der Waals surface area contributed by atoms with E-state index >= 15 is 0 Å². The number of H-pyrrole nitrogens is 1. The minimum atomic E-state index is 0.805. The second-order valence-electron chi connectivity index (χ2n) is 4.90. The third kappa shape index (κ3) is 1.11. The zero-order valence-electron chi connectivity index (χ0n) is 10.4. The van der Waals surface area contributed by atoms with Gasteiger partial charge in [-0.25, -0.2) is 4.98 Å². The molecule has 0 unspecified atom stereocenters. The lowest BCUT2D eigenvalue weighted by Crippen LogP contribution is -1.77. The van der Waals surface area contributed by atoms with E-state index in [-0.39, 0.29) is 0 Å². The van der Waals surface area contributed by atoms with E-state index < -0.39 is 0 Å². The highest BCUT2D eigenvalue weighted by Crippen LogP contribution is 2.35. The molecule has 0 fully saturated rings. The molecule has 0 aliphatic carbocycles. The summed E-state index contributed by atoms with van der Waals surface area (Å²) in [7, 11) is 0. The molecule has 3 heterocycles. The number of nitrogens with zero attached hydrogens (tertiary/aromatic N) is 2. The maximum absolute atomic E-state index is 5.42. The van der Waals surface area contributed by atoms with Gasteiger partial charge in [-0.3, -0.25) is 4.98 Å². The van der Waals surface area contributed by atoms with Crippen LogP contribution in [-0.2, 0) is 0 Å². The van der Waals surface area contributed by atoms with Crippen LogP contribution in [0.25, 0.3) is 43.7 Å². The molecule has 0 radical (unpaired) electrons. The standard InChI is InChI=1S/C16H9N3O/c1-2-11-14(10-7-17-6-5-9(1)10)15-12(19-11)3-4-13-16(15)18-8-20-13/h1-8,19H. The van der Waals surface area contributed by atoms with Crippen molar-refractivity contribution < 1.29 is 4.42 Å². The fourth-order valence-corrected chi connectivity index (χ4v) is 2.97. The first-order chi connectivity index (χ1) is 9.92. The Morgan fingerprint density at radius 2 is 1.85 bits per heavy atom. The molecule has 20 heavy (non-hydrogen) atoms. The number of aromatic amines is 1. The van der Waals surface area contributed by atoms with Gasteiger partial charge in [0.2, 0.25) is 0 Å². The first-order valence-corrected chi connectivity index (χ1v) is 6.42. The first kappa shape index (κ1) is 9.97. The summed E-state index contributed by atoms with van der Waals surface area (Å²) in [5.74, 6) is 0. The van der Waals surface area contributed by atoms with Crippen molar-refractivity contribution in [3.8, 4) is 0 Å². The highest BCUT2D eigenvalue weighted by Gasteiger charge is 2.13. The molecule has 0 bridgehead atoms. The van der Waals surface area contributed by atoms with E-state index in [1.54, 1.807) is 0 Å². The zero-order chi connectivity index (χ0) is 13.1. The van der Waals surface area contributed by atoms with E-state index in [0.717, 1.165) is 38.3 Å². The number of aromatic nitrogens is 3. The Morgan fingerprint density at radius 1 is 0.950 bits per heavy atom. The molecule has 5 aromatic rings. The number of benzene rings is 2. The van der Waals surface area contributed by atoms with Gasteiger partial charge in [0.1, 0.15) is 5.52 Å². The normalized spacial score (nSPS) is 12.0. The summed E-state index contributed by atoms with van der Waals surface area (Å²) in [6, 6.07) is 10.2. The Kier molecular flexibility index (Phi) is 1.68. The summed E-state index contributed by atoms with van der Waals surface area (Å²) in [6.07, 6.45) is 5.21. The molecule has 1 N–H and O–H groups in total. The SMILES string of the molecule is c1cc2ccc3[nH]c4ccc5ocnc5c4c3c2cn1. The average molecular weight is 259 g/mol. The molecule has 4 nitrogen and oxygen atoms in total. The average Bonchev–Trinajstić information content (AvgIpc) is 3.10. The van der Waals surface area contributed by atoms with E-state index in [0.29, 0.717) is 0 Å². The lowest BCUT2D eigenvalue weighted by Gasteiger charge is -1.99. The maximum atomic E-state index is 5.42. The van der Waals surface area contributed by atoms with Crippen LogP contribution < -0.4 is 0 Å². The zero-order valence-corrected chi connectivity index (χ0v) is 10.4. The predicted octanol–water partition coefficient (Wildman–Crippen LogP) is 4.01. The van der Waals surface area contributed by atoms with Crippen molar-refractivity contribution in [1.29, 1.82) is 0 Å². The minimum Gasteiger partial charge on any atom is -0.443 e. The highest BCUT2D eigenvalue weighted by atomic mass is 16.3. The van der Waals surface area contributed by atoms with Gasteiger partial charge in [0, 0.05) is 39.6 Å². The molecule has 3 aromatic heterocycles. The quantitative estimate of drug-likeness (QED) is 0.457. The molecule has 0 saturated carbocycles. The van der Waals surface area contributed by atoms with Gasteiger partial charge in [-0.15, -0.1) is 0 Å². The summed E-state index contributed by atoms with van der Waals surface area (Å²) < 4.78 is 5.42. The number of pyridine rings is 1. The van der Waals surface area contributed by atoms with Crippen molar-refractivity contribution >= 4 is 43.7 Å². The smallest absolute Gasteiger partial charge is 0.182 e. The number of rotatable bonds is 0. The van der Waals surface area contributed by atoms with E-state index in [1.165, 1.54) is 11.8 Å². The van der Waals surface area contributed by atoms with Crippen LogP contribution in [-0.4, -0.2) is 15.0 Å². The van der Waals surface area contributed by atoms with E-state index in [1.807, 2.05) is 30.6 Å². The van der Waals surface area contributed by atoms with Crippen molar-refractivity contribution in [2.45, 2.75) is 0 Å². The second kappa shape index (κ2) is 3.36. The van der Waals surface area contributed by atoms with Gasteiger partial charge in [-0.2, -0.15) is 0 Å². The monoisotopic (exact) mass is 259 g/mol. The molecule has 4 heteroatoms. The molecule has 5 rings (SSSR count). The molecule has 2 aromatic carbocycles. The topological polar surface area (TPSA) is 54.7 Å². The van der Waals surface area contributed by atoms with Crippen LogP contribution in [0.15, 0.2) is 53.5 Å². The van der Waals surface area contributed by atoms with Gasteiger partial charge in [0.15, 0.2) is 12.0 Å². The molecule has 0 spiro atoms. The number of hydrogen-bond acceptors (Lipinski definition) is 3. The van der Waals surface area contributed by atoms with Crippen LogP contribution in [0.5, 0.6) is 0 Å². The largest absolute Gasteiger partial charge is 0.443 e. The van der Waals surface area contributed by atoms with E-state index in [4.69, 9.17) is 4.42 Å². The Labute approximate surface area is 113 Å². The summed E-state index contributed by atoms with van der Waals surface area (Å²) >= 11 is 0. The van der Waals surface area contributed by atoms with Gasteiger partial charge in [-0.1, -0.05) is 6.07 Å².